The van der Waals surface area contributed by atoms with Gasteiger partial charge < -0.3 is 31.2 Å². The Labute approximate surface area is 275 Å². The van der Waals surface area contributed by atoms with Gasteiger partial charge in [0.1, 0.15) is 0 Å². The number of H-pyrrole nitrogens is 2. The molecule has 1 aliphatic heterocycles. The molecule has 0 atom stereocenters. The molecular formula is C41H38N6. The zero-order chi connectivity index (χ0) is 32.2. The molecule has 47 heavy (non-hydrogen) atoms. The van der Waals surface area contributed by atoms with Gasteiger partial charge in [-0.05, 0) is 107 Å². The van der Waals surface area contributed by atoms with Crippen LogP contribution in [-0.2, 0) is 19.3 Å². The summed E-state index contributed by atoms with van der Waals surface area (Å²) >= 11 is 0. The number of aryl methyl sites for hydroxylation is 1. The van der Waals surface area contributed by atoms with Gasteiger partial charge in [0.15, 0.2) is 0 Å². The van der Waals surface area contributed by atoms with Crippen LogP contribution in [0.25, 0.3) is 33.6 Å². The molecule has 0 fully saturated rings. The summed E-state index contributed by atoms with van der Waals surface area (Å²) in [6.45, 7) is 16.4. The monoisotopic (exact) mass is 614 g/mol. The molecule has 0 amide bonds. The summed E-state index contributed by atoms with van der Waals surface area (Å²) in [6, 6.07) is 27.2. The van der Waals surface area contributed by atoms with Gasteiger partial charge in [-0.2, -0.15) is 0 Å². The highest BCUT2D eigenvalue weighted by Crippen LogP contribution is 2.42. The molecule has 0 spiro atoms. The Balaban J connectivity index is 1.04. The van der Waals surface area contributed by atoms with Crippen LogP contribution in [0.2, 0.25) is 0 Å². The zero-order valence-corrected chi connectivity index (χ0v) is 26.6. The maximum atomic E-state index is 6.01. The number of para-hydroxylation sites is 1. The van der Waals surface area contributed by atoms with Crippen LogP contribution in [0.5, 0.6) is 0 Å². The number of nitrogen functional groups attached to an aromatic ring is 1. The van der Waals surface area contributed by atoms with Crippen molar-refractivity contribution in [3.05, 3.63) is 155 Å². The summed E-state index contributed by atoms with van der Waals surface area (Å²) in [5.41, 5.74) is 23.6. The average Bonchev–Trinajstić information content (AvgIpc) is 3.85. The second kappa shape index (κ2) is 11.2. The molecule has 0 bridgehead atoms. The van der Waals surface area contributed by atoms with Gasteiger partial charge in [-0.15, -0.1) is 0 Å². The number of nitrogens with one attached hydrogen (secondary N) is 4. The molecule has 6 N–H and O–H groups in total. The molecule has 2 aliphatic rings. The van der Waals surface area contributed by atoms with Crippen molar-refractivity contribution in [2.75, 3.05) is 27.8 Å². The van der Waals surface area contributed by atoms with Gasteiger partial charge >= 0.3 is 0 Å². The zero-order valence-electron chi connectivity index (χ0n) is 26.6. The predicted molar refractivity (Wildman–Crippen MR) is 200 cm³/mol. The van der Waals surface area contributed by atoms with Crippen LogP contribution < -0.4 is 21.3 Å². The van der Waals surface area contributed by atoms with Gasteiger partial charge in [0.05, 0.1) is 11.4 Å². The van der Waals surface area contributed by atoms with Crippen LogP contribution in [0.4, 0.5) is 22.7 Å². The van der Waals surface area contributed by atoms with Crippen molar-refractivity contribution in [2.24, 2.45) is 0 Å². The van der Waals surface area contributed by atoms with Gasteiger partial charge in [-0.1, -0.05) is 44.0 Å². The molecule has 1 aliphatic carbocycles. The lowest BCUT2D eigenvalue weighted by Gasteiger charge is -2.22. The molecule has 6 aromatic rings. The van der Waals surface area contributed by atoms with Crippen LogP contribution >= 0.6 is 0 Å². The van der Waals surface area contributed by atoms with E-state index in [1.807, 2.05) is 30.3 Å². The third-order valence-corrected chi connectivity index (χ3v) is 9.51. The second-order valence-corrected chi connectivity index (χ2v) is 12.8. The van der Waals surface area contributed by atoms with Crippen LogP contribution in [-0.4, -0.2) is 16.5 Å². The molecule has 6 nitrogen and oxygen atoms in total. The molecule has 8 rings (SSSR count). The highest BCUT2D eigenvalue weighted by Gasteiger charge is 2.27. The third kappa shape index (κ3) is 5.18. The Bertz CT molecular complexity index is 2280. The molecule has 0 unspecified atom stereocenters. The molecule has 232 valence electrons. The lowest BCUT2D eigenvalue weighted by Crippen LogP contribution is -2.18. The molecule has 4 aromatic carbocycles. The molecule has 0 saturated carbocycles. The SMILES string of the molecule is C=C(Cc1cc2c(c3c(C)c[nH]c13)CCN2C(=C)c1cc2cc(NC(=C)C3=Cc4ccc(N)cc4C3)ccc2[nH]1)Nc1ccccc1. The molecule has 0 radical (unpaired) electrons. The fourth-order valence-electron chi connectivity index (χ4n) is 7.20. The quantitative estimate of drug-likeness (QED) is 0.105. The van der Waals surface area contributed by atoms with Crippen molar-refractivity contribution in [2.45, 2.75) is 26.2 Å². The van der Waals surface area contributed by atoms with E-state index in [9.17, 15) is 0 Å². The number of anilines is 4. The molecule has 0 saturated heterocycles. The number of aromatic amines is 2. The average molecular weight is 615 g/mol. The van der Waals surface area contributed by atoms with Crippen LogP contribution in [0.1, 0.15) is 33.5 Å². The number of aromatic nitrogens is 2. The van der Waals surface area contributed by atoms with E-state index in [0.717, 1.165) is 70.1 Å². The number of nitrogens with zero attached hydrogens (tertiary/aromatic N) is 1. The maximum Gasteiger partial charge on any atom is 0.0626 e. The summed E-state index contributed by atoms with van der Waals surface area (Å²) in [5.74, 6) is 0. The number of nitrogens with two attached hydrogens (primary N) is 1. The van der Waals surface area contributed by atoms with E-state index in [4.69, 9.17) is 5.73 Å². The van der Waals surface area contributed by atoms with Crippen LogP contribution in [0.3, 0.4) is 0 Å². The first kappa shape index (κ1) is 28.6. The summed E-state index contributed by atoms with van der Waals surface area (Å²) in [7, 11) is 0. The fourth-order valence-corrected chi connectivity index (χ4v) is 7.20. The van der Waals surface area contributed by atoms with Crippen molar-refractivity contribution < 1.29 is 0 Å². The highest BCUT2D eigenvalue weighted by atomic mass is 15.2. The number of fused-ring (bicyclic) bond motifs is 5. The van der Waals surface area contributed by atoms with E-state index in [2.05, 4.69) is 113 Å². The fraction of sp³-hybridized carbons (Fsp3) is 0.122. The summed E-state index contributed by atoms with van der Waals surface area (Å²) in [5, 5.41) is 9.45. The minimum Gasteiger partial charge on any atom is -0.399 e. The normalized spacial score (nSPS) is 13.5. The molecular weight excluding hydrogens is 576 g/mol. The van der Waals surface area contributed by atoms with E-state index in [-0.39, 0.29) is 0 Å². The Kier molecular flexibility index (Phi) is 6.80. The van der Waals surface area contributed by atoms with Gasteiger partial charge in [-0.25, -0.2) is 0 Å². The van der Waals surface area contributed by atoms with Crippen molar-refractivity contribution in [3.63, 3.8) is 0 Å². The van der Waals surface area contributed by atoms with E-state index >= 15 is 0 Å². The van der Waals surface area contributed by atoms with Crippen molar-refractivity contribution in [1.82, 2.24) is 9.97 Å². The minimum absolute atomic E-state index is 0.712. The second-order valence-electron chi connectivity index (χ2n) is 12.8. The topological polar surface area (TPSA) is 84.9 Å². The molecule has 6 heteroatoms. The minimum atomic E-state index is 0.712. The van der Waals surface area contributed by atoms with Crippen LogP contribution in [0.15, 0.2) is 122 Å². The first-order valence-electron chi connectivity index (χ1n) is 16.1. The third-order valence-electron chi connectivity index (χ3n) is 9.51. The Morgan fingerprint density at radius 1 is 0.936 bits per heavy atom. The summed E-state index contributed by atoms with van der Waals surface area (Å²) in [4.78, 5) is 9.55. The number of benzene rings is 4. The van der Waals surface area contributed by atoms with E-state index in [1.165, 1.54) is 50.0 Å². The summed E-state index contributed by atoms with van der Waals surface area (Å²) in [6.07, 6.45) is 6.82. The summed E-state index contributed by atoms with van der Waals surface area (Å²) < 4.78 is 0. The van der Waals surface area contributed by atoms with Gasteiger partial charge in [0.2, 0.25) is 0 Å². The lowest BCUT2D eigenvalue weighted by molar-refractivity contribution is 1.00. The number of hydrogen-bond acceptors (Lipinski definition) is 4. The van der Waals surface area contributed by atoms with Crippen LogP contribution in [0, 0.1) is 6.92 Å². The largest absolute Gasteiger partial charge is 0.399 e. The predicted octanol–water partition coefficient (Wildman–Crippen LogP) is 9.31. The highest BCUT2D eigenvalue weighted by molar-refractivity contribution is 5.98. The Hall–Kier alpha value is -5.88. The smallest absolute Gasteiger partial charge is 0.0626 e. The first-order chi connectivity index (χ1) is 22.8. The van der Waals surface area contributed by atoms with Gasteiger partial charge in [0.25, 0.3) is 0 Å². The van der Waals surface area contributed by atoms with Gasteiger partial charge in [0, 0.05) is 81.5 Å². The lowest BCUT2D eigenvalue weighted by atomic mass is 9.98. The van der Waals surface area contributed by atoms with Crippen molar-refractivity contribution in [1.29, 1.82) is 0 Å². The van der Waals surface area contributed by atoms with Crippen molar-refractivity contribution in [3.8, 4) is 0 Å². The molecule has 2 aromatic heterocycles. The number of rotatable bonds is 9. The standard InChI is InChI=1S/C41H38N6/c1-24-23-43-41-32(16-25(2)44-34-8-6-5-7-9-34)22-39-36(40(24)41)14-15-47(39)27(4)38-21-31-20-35(12-13-37(31)46-38)45-26(3)29-17-28-10-11-33(42)19-30(28)18-29/h5-13,17,19-23,43-46H,2-4,14-16,18,42H2,1H3. The maximum absolute atomic E-state index is 6.01. The van der Waals surface area contributed by atoms with Gasteiger partial charge in [-0.3, -0.25) is 0 Å². The first-order valence-corrected chi connectivity index (χ1v) is 16.1. The van der Waals surface area contributed by atoms with Crippen molar-refractivity contribution >= 4 is 56.3 Å². The Morgan fingerprint density at radius 2 is 1.79 bits per heavy atom. The van der Waals surface area contributed by atoms with E-state index < -0.39 is 0 Å². The number of hydrogen-bond donors (Lipinski definition) is 5. The van der Waals surface area contributed by atoms with E-state index in [1.54, 1.807) is 0 Å². The molecule has 3 heterocycles. The van der Waals surface area contributed by atoms with E-state index in [0.29, 0.717) is 6.42 Å². The number of allylic oxidation sites excluding steroid dienone is 2. The Morgan fingerprint density at radius 3 is 2.64 bits per heavy atom.